The topological polar surface area (TPSA) is 81.1 Å². The summed E-state index contributed by atoms with van der Waals surface area (Å²) in [6, 6.07) is 5.85. The second-order valence-corrected chi connectivity index (χ2v) is 3.87. The molecule has 1 aromatic carbocycles. The molecule has 0 spiro atoms. The predicted octanol–water partition coefficient (Wildman–Crippen LogP) is 0.877. The molecule has 0 aromatic heterocycles. The van der Waals surface area contributed by atoms with E-state index in [1.165, 1.54) is 5.56 Å². The number of hydrogen-bond acceptors (Lipinski definition) is 3. The van der Waals surface area contributed by atoms with Crippen molar-refractivity contribution in [2.45, 2.75) is 25.2 Å². The predicted molar refractivity (Wildman–Crippen MR) is 59.1 cm³/mol. The summed E-state index contributed by atoms with van der Waals surface area (Å²) in [5.41, 5.74) is 11.0. The van der Waals surface area contributed by atoms with E-state index in [0.29, 0.717) is 0 Å². The lowest BCUT2D eigenvalue weighted by Gasteiger charge is -2.25. The second-order valence-electron chi connectivity index (χ2n) is 3.87. The molecule has 4 heteroatoms. The summed E-state index contributed by atoms with van der Waals surface area (Å²) < 4.78 is 0. The van der Waals surface area contributed by atoms with Crippen LogP contribution in [0.5, 0.6) is 0 Å². The zero-order chi connectivity index (χ0) is 10.8. The molecule has 1 unspecified atom stereocenters. The largest absolute Gasteiger partial charge is 0.369 e. The van der Waals surface area contributed by atoms with Gasteiger partial charge in [-0.3, -0.25) is 10.6 Å². The first-order valence-electron chi connectivity index (χ1n) is 5.11. The Morgan fingerprint density at radius 1 is 1.47 bits per heavy atom. The zero-order valence-corrected chi connectivity index (χ0v) is 8.49. The molecule has 1 amide bonds. The Labute approximate surface area is 88.6 Å². The van der Waals surface area contributed by atoms with Crippen LogP contribution in [0.3, 0.4) is 0 Å². The van der Waals surface area contributed by atoms with Crippen LogP contribution in [0, 0.1) is 0 Å². The van der Waals surface area contributed by atoms with Gasteiger partial charge in [0.25, 0.3) is 0 Å². The van der Waals surface area contributed by atoms with Crippen LogP contribution in [0.15, 0.2) is 18.2 Å². The Hall–Kier alpha value is -1.55. The number of nitrogens with two attached hydrogens (primary N) is 2. The number of carbonyl (C=O) groups excluding carboxylic acids is 1. The van der Waals surface area contributed by atoms with Crippen LogP contribution in [0.25, 0.3) is 0 Å². The van der Waals surface area contributed by atoms with Crippen LogP contribution in [-0.2, 0) is 11.2 Å². The standard InChI is InChI=1S/C11H15N3O/c12-11(15)8-5-1-3-7-4-2-6-9(14-13)10(7)8/h2,4,6,8,14H,1,3,5,13H2,(H2,12,15). The SMILES string of the molecule is NNc1cccc2c1C(C(N)=O)CCC2. The van der Waals surface area contributed by atoms with E-state index >= 15 is 0 Å². The molecule has 80 valence electrons. The van der Waals surface area contributed by atoms with Crippen LogP contribution >= 0.6 is 0 Å². The third-order valence-corrected chi connectivity index (χ3v) is 2.98. The number of hydrogen-bond donors (Lipinski definition) is 3. The monoisotopic (exact) mass is 205 g/mol. The highest BCUT2D eigenvalue weighted by molar-refractivity contribution is 5.85. The lowest BCUT2D eigenvalue weighted by Crippen LogP contribution is -2.26. The van der Waals surface area contributed by atoms with Gasteiger partial charge in [-0.1, -0.05) is 12.1 Å². The average molecular weight is 205 g/mol. The molecule has 0 fully saturated rings. The van der Waals surface area contributed by atoms with Gasteiger partial charge >= 0.3 is 0 Å². The summed E-state index contributed by atoms with van der Waals surface area (Å²) in [4.78, 5) is 11.3. The number of primary amides is 1. The molecule has 0 saturated heterocycles. The summed E-state index contributed by atoms with van der Waals surface area (Å²) in [6.45, 7) is 0. The molecule has 5 N–H and O–H groups in total. The van der Waals surface area contributed by atoms with Gasteiger partial charge in [0.2, 0.25) is 5.91 Å². The van der Waals surface area contributed by atoms with E-state index in [1.807, 2.05) is 18.2 Å². The van der Waals surface area contributed by atoms with Crippen LogP contribution in [0.4, 0.5) is 5.69 Å². The fourth-order valence-electron chi connectivity index (χ4n) is 2.29. The maximum Gasteiger partial charge on any atom is 0.225 e. The van der Waals surface area contributed by atoms with Crippen LogP contribution in [0.2, 0.25) is 0 Å². The molecule has 0 saturated carbocycles. The fraction of sp³-hybridized carbons (Fsp3) is 0.364. The van der Waals surface area contributed by atoms with Crippen molar-refractivity contribution in [3.05, 3.63) is 29.3 Å². The number of aryl methyl sites for hydroxylation is 1. The fourth-order valence-corrected chi connectivity index (χ4v) is 2.29. The van der Waals surface area contributed by atoms with Crippen molar-refractivity contribution in [2.75, 3.05) is 5.43 Å². The first kappa shape index (κ1) is 9.98. The van der Waals surface area contributed by atoms with Gasteiger partial charge in [-0.2, -0.15) is 0 Å². The van der Waals surface area contributed by atoms with E-state index < -0.39 is 0 Å². The highest BCUT2D eigenvalue weighted by Crippen LogP contribution is 2.36. The van der Waals surface area contributed by atoms with E-state index in [2.05, 4.69) is 5.43 Å². The van der Waals surface area contributed by atoms with Gasteiger partial charge in [0, 0.05) is 0 Å². The van der Waals surface area contributed by atoms with Crippen molar-refractivity contribution < 1.29 is 4.79 Å². The van der Waals surface area contributed by atoms with Gasteiger partial charge in [-0.15, -0.1) is 0 Å². The van der Waals surface area contributed by atoms with E-state index in [-0.39, 0.29) is 11.8 Å². The Morgan fingerprint density at radius 3 is 2.93 bits per heavy atom. The van der Waals surface area contributed by atoms with Crippen molar-refractivity contribution >= 4 is 11.6 Å². The lowest BCUT2D eigenvalue weighted by atomic mass is 9.81. The molecule has 0 heterocycles. The van der Waals surface area contributed by atoms with Crippen molar-refractivity contribution in [1.29, 1.82) is 0 Å². The average Bonchev–Trinajstić information content (AvgIpc) is 2.27. The lowest BCUT2D eigenvalue weighted by molar-refractivity contribution is -0.119. The number of anilines is 1. The maximum atomic E-state index is 11.3. The highest BCUT2D eigenvalue weighted by atomic mass is 16.1. The summed E-state index contributed by atoms with van der Waals surface area (Å²) in [7, 11) is 0. The van der Waals surface area contributed by atoms with Gasteiger partial charge in [0.15, 0.2) is 0 Å². The number of rotatable bonds is 2. The van der Waals surface area contributed by atoms with Gasteiger partial charge in [0.1, 0.15) is 0 Å². The number of fused-ring (bicyclic) bond motifs is 1. The van der Waals surface area contributed by atoms with Crippen molar-refractivity contribution in [1.82, 2.24) is 0 Å². The summed E-state index contributed by atoms with van der Waals surface area (Å²) >= 11 is 0. The summed E-state index contributed by atoms with van der Waals surface area (Å²) in [5, 5.41) is 0. The first-order chi connectivity index (χ1) is 7.24. The third-order valence-electron chi connectivity index (χ3n) is 2.98. The number of nitrogen functional groups attached to an aromatic ring is 1. The molecule has 0 radical (unpaired) electrons. The molecular weight excluding hydrogens is 190 g/mol. The Bertz CT molecular complexity index is 375. The smallest absolute Gasteiger partial charge is 0.225 e. The van der Waals surface area contributed by atoms with E-state index in [9.17, 15) is 4.79 Å². The maximum absolute atomic E-state index is 11.3. The normalized spacial score (nSPS) is 19.4. The van der Waals surface area contributed by atoms with Crippen molar-refractivity contribution in [3.63, 3.8) is 0 Å². The molecular formula is C11H15N3O. The van der Waals surface area contributed by atoms with E-state index in [0.717, 1.165) is 30.5 Å². The zero-order valence-electron chi connectivity index (χ0n) is 8.49. The molecule has 1 atom stereocenters. The number of nitrogens with one attached hydrogen (secondary N) is 1. The Kier molecular flexibility index (Phi) is 2.60. The van der Waals surface area contributed by atoms with E-state index in [4.69, 9.17) is 11.6 Å². The van der Waals surface area contributed by atoms with Crippen LogP contribution < -0.4 is 17.0 Å². The van der Waals surface area contributed by atoms with Crippen molar-refractivity contribution in [2.24, 2.45) is 11.6 Å². The number of benzene rings is 1. The van der Waals surface area contributed by atoms with Gasteiger partial charge < -0.3 is 11.2 Å². The highest BCUT2D eigenvalue weighted by Gasteiger charge is 2.26. The first-order valence-corrected chi connectivity index (χ1v) is 5.11. The third kappa shape index (κ3) is 1.68. The molecule has 4 nitrogen and oxygen atoms in total. The minimum absolute atomic E-state index is 0.194. The summed E-state index contributed by atoms with van der Waals surface area (Å²) in [6.07, 6.45) is 2.82. The van der Waals surface area contributed by atoms with Gasteiger partial charge in [-0.05, 0) is 36.5 Å². The van der Waals surface area contributed by atoms with Crippen molar-refractivity contribution in [3.8, 4) is 0 Å². The molecule has 1 aliphatic carbocycles. The summed E-state index contributed by atoms with van der Waals surface area (Å²) in [5.74, 6) is 4.98. The van der Waals surface area contributed by atoms with Crippen LogP contribution in [0.1, 0.15) is 29.9 Å². The number of hydrazine groups is 1. The minimum atomic E-state index is -0.265. The molecule has 2 rings (SSSR count). The molecule has 1 aromatic rings. The number of carbonyl (C=O) groups is 1. The molecule has 0 aliphatic heterocycles. The molecule has 15 heavy (non-hydrogen) atoms. The second kappa shape index (κ2) is 3.90. The minimum Gasteiger partial charge on any atom is -0.369 e. The van der Waals surface area contributed by atoms with Crippen LogP contribution in [-0.4, -0.2) is 5.91 Å². The quantitative estimate of drug-likeness (QED) is 0.495. The Morgan fingerprint density at radius 2 is 2.27 bits per heavy atom. The molecule has 1 aliphatic rings. The Balaban J connectivity index is 2.52. The molecule has 0 bridgehead atoms. The van der Waals surface area contributed by atoms with Gasteiger partial charge in [0.05, 0.1) is 11.6 Å². The van der Waals surface area contributed by atoms with E-state index in [1.54, 1.807) is 0 Å². The number of amides is 1. The van der Waals surface area contributed by atoms with Gasteiger partial charge in [-0.25, -0.2) is 0 Å².